The lowest BCUT2D eigenvalue weighted by atomic mass is 10.0. The molecule has 1 aliphatic heterocycles. The van der Waals surface area contributed by atoms with Crippen molar-refractivity contribution in [2.24, 2.45) is 0 Å². The molecule has 0 radical (unpaired) electrons. The molecule has 1 fully saturated rings. The smallest absolute Gasteiger partial charge is 0.253 e. The molecule has 7 nitrogen and oxygen atoms in total. The number of likely N-dealkylation sites (tertiary alicyclic amines) is 1. The second-order valence-corrected chi connectivity index (χ2v) is 7.56. The third kappa shape index (κ3) is 4.91. The highest BCUT2D eigenvalue weighted by Crippen LogP contribution is 2.38. The molecular weight excluding hydrogens is 382 g/mol. The van der Waals surface area contributed by atoms with Gasteiger partial charge < -0.3 is 19.7 Å². The summed E-state index contributed by atoms with van der Waals surface area (Å²) in [5.74, 6) is 1.36. The number of carbonyl (C=O) groups excluding carboxylic acids is 2. The topological polar surface area (TPSA) is 71.1 Å². The Labute approximate surface area is 177 Å². The van der Waals surface area contributed by atoms with Crippen LogP contribution < -0.4 is 14.8 Å². The Balaban J connectivity index is 1.65. The first-order valence-electron chi connectivity index (χ1n) is 10.0. The fraction of sp³-hybridized carbons (Fsp3) is 0.391. The maximum Gasteiger partial charge on any atom is 0.253 e. The van der Waals surface area contributed by atoms with Gasteiger partial charge in [-0.15, -0.1) is 0 Å². The molecule has 2 amide bonds. The van der Waals surface area contributed by atoms with Gasteiger partial charge in [-0.3, -0.25) is 14.5 Å². The van der Waals surface area contributed by atoms with E-state index in [1.807, 2.05) is 18.2 Å². The average Bonchev–Trinajstić information content (AvgIpc) is 3.20. The molecule has 0 spiro atoms. The van der Waals surface area contributed by atoms with Crippen molar-refractivity contribution in [2.75, 3.05) is 46.7 Å². The number of rotatable bonds is 7. The molecule has 3 rings (SSSR count). The predicted molar refractivity (Wildman–Crippen MR) is 116 cm³/mol. The summed E-state index contributed by atoms with van der Waals surface area (Å²) in [7, 11) is 6.70. The fourth-order valence-electron chi connectivity index (χ4n) is 3.80. The summed E-state index contributed by atoms with van der Waals surface area (Å²) in [4.78, 5) is 28.3. The molecule has 2 aromatic carbocycles. The SMILES string of the molecule is COc1ccc([C@@H]2CCCN2CC(=O)Nc2ccc(C(=O)N(C)C)cc2)c(OC)c1. The van der Waals surface area contributed by atoms with Crippen molar-refractivity contribution < 1.29 is 19.1 Å². The van der Waals surface area contributed by atoms with E-state index in [1.165, 1.54) is 4.90 Å². The average molecular weight is 412 g/mol. The monoisotopic (exact) mass is 411 g/mol. The molecule has 7 heteroatoms. The predicted octanol–water partition coefficient (Wildman–Crippen LogP) is 3.18. The van der Waals surface area contributed by atoms with Gasteiger partial charge in [-0.25, -0.2) is 0 Å². The molecule has 160 valence electrons. The van der Waals surface area contributed by atoms with Crippen molar-refractivity contribution in [1.29, 1.82) is 0 Å². The van der Waals surface area contributed by atoms with Crippen molar-refractivity contribution in [3.8, 4) is 11.5 Å². The van der Waals surface area contributed by atoms with Crippen LogP contribution in [0.1, 0.15) is 34.8 Å². The summed E-state index contributed by atoms with van der Waals surface area (Å²) in [5, 5.41) is 2.93. The van der Waals surface area contributed by atoms with Crippen LogP contribution in [-0.4, -0.2) is 63.0 Å². The number of hydrogen-bond acceptors (Lipinski definition) is 5. The minimum absolute atomic E-state index is 0.0683. The van der Waals surface area contributed by atoms with Crippen LogP contribution in [-0.2, 0) is 4.79 Å². The first kappa shape index (κ1) is 21.6. The Morgan fingerprint density at radius 1 is 1.10 bits per heavy atom. The van der Waals surface area contributed by atoms with E-state index in [2.05, 4.69) is 10.2 Å². The molecule has 0 bridgehead atoms. The first-order chi connectivity index (χ1) is 14.4. The van der Waals surface area contributed by atoms with E-state index in [0.29, 0.717) is 11.3 Å². The standard InChI is InChI=1S/C23H29N3O4/c1-25(2)23(28)16-7-9-17(10-8-16)24-22(27)15-26-13-5-6-20(26)19-12-11-18(29-3)14-21(19)30-4/h7-12,14,20H,5-6,13,15H2,1-4H3,(H,24,27)/t20-/m0/s1. The van der Waals surface area contributed by atoms with E-state index in [0.717, 1.165) is 36.4 Å². The van der Waals surface area contributed by atoms with Gasteiger partial charge in [0.1, 0.15) is 11.5 Å². The summed E-state index contributed by atoms with van der Waals surface area (Å²) in [6, 6.07) is 12.9. The maximum absolute atomic E-state index is 12.6. The molecule has 0 aromatic heterocycles. The zero-order chi connectivity index (χ0) is 21.7. The van der Waals surface area contributed by atoms with Crippen LogP contribution in [0.15, 0.2) is 42.5 Å². The fourth-order valence-corrected chi connectivity index (χ4v) is 3.80. The Hall–Kier alpha value is -3.06. The molecular formula is C23H29N3O4. The van der Waals surface area contributed by atoms with Gasteiger partial charge >= 0.3 is 0 Å². The highest BCUT2D eigenvalue weighted by atomic mass is 16.5. The normalized spacial score (nSPS) is 16.2. The quantitative estimate of drug-likeness (QED) is 0.758. The summed E-state index contributed by atoms with van der Waals surface area (Å²) in [6.07, 6.45) is 1.99. The van der Waals surface area contributed by atoms with Gasteiger partial charge in [0.25, 0.3) is 5.91 Å². The molecule has 30 heavy (non-hydrogen) atoms. The molecule has 1 saturated heterocycles. The third-order valence-electron chi connectivity index (χ3n) is 5.33. The maximum atomic E-state index is 12.6. The van der Waals surface area contributed by atoms with Crippen molar-refractivity contribution in [1.82, 2.24) is 9.80 Å². The molecule has 1 heterocycles. The Bertz CT molecular complexity index is 896. The number of benzene rings is 2. The zero-order valence-corrected chi connectivity index (χ0v) is 18.0. The van der Waals surface area contributed by atoms with Crippen LogP contribution in [0.3, 0.4) is 0 Å². The van der Waals surface area contributed by atoms with E-state index in [-0.39, 0.29) is 24.4 Å². The number of nitrogens with zero attached hydrogens (tertiary/aromatic N) is 2. The largest absolute Gasteiger partial charge is 0.497 e. The number of hydrogen-bond donors (Lipinski definition) is 1. The second-order valence-electron chi connectivity index (χ2n) is 7.56. The van der Waals surface area contributed by atoms with E-state index in [4.69, 9.17) is 9.47 Å². The molecule has 1 atom stereocenters. The van der Waals surface area contributed by atoms with Crippen molar-refractivity contribution in [2.45, 2.75) is 18.9 Å². The van der Waals surface area contributed by atoms with Crippen LogP contribution >= 0.6 is 0 Å². The van der Waals surface area contributed by atoms with Crippen molar-refractivity contribution in [3.05, 3.63) is 53.6 Å². The van der Waals surface area contributed by atoms with Gasteiger partial charge in [0, 0.05) is 43.0 Å². The van der Waals surface area contributed by atoms with E-state index >= 15 is 0 Å². The van der Waals surface area contributed by atoms with Crippen LogP contribution in [0.5, 0.6) is 11.5 Å². The molecule has 1 N–H and O–H groups in total. The number of carbonyl (C=O) groups is 2. The number of methoxy groups -OCH3 is 2. The van der Waals surface area contributed by atoms with Gasteiger partial charge in [-0.2, -0.15) is 0 Å². The number of ether oxygens (including phenoxy) is 2. The summed E-state index contributed by atoms with van der Waals surface area (Å²) >= 11 is 0. The first-order valence-corrected chi connectivity index (χ1v) is 10.0. The van der Waals surface area contributed by atoms with Crippen molar-refractivity contribution >= 4 is 17.5 Å². The van der Waals surface area contributed by atoms with Gasteiger partial charge in [-0.05, 0) is 49.7 Å². The molecule has 2 aromatic rings. The van der Waals surface area contributed by atoms with Crippen LogP contribution in [0.4, 0.5) is 5.69 Å². The number of nitrogens with one attached hydrogen (secondary N) is 1. The number of amides is 2. The highest BCUT2D eigenvalue weighted by Gasteiger charge is 2.30. The van der Waals surface area contributed by atoms with E-state index < -0.39 is 0 Å². The molecule has 0 aliphatic carbocycles. The lowest BCUT2D eigenvalue weighted by molar-refractivity contribution is -0.117. The summed E-state index contributed by atoms with van der Waals surface area (Å²) < 4.78 is 10.8. The minimum Gasteiger partial charge on any atom is -0.497 e. The number of anilines is 1. The molecule has 1 aliphatic rings. The van der Waals surface area contributed by atoms with E-state index in [1.54, 1.807) is 52.6 Å². The van der Waals surface area contributed by atoms with Crippen LogP contribution in [0, 0.1) is 0 Å². The Morgan fingerprint density at radius 3 is 2.47 bits per heavy atom. The summed E-state index contributed by atoms with van der Waals surface area (Å²) in [6.45, 7) is 1.14. The lowest BCUT2D eigenvalue weighted by Crippen LogP contribution is -2.33. The third-order valence-corrected chi connectivity index (χ3v) is 5.33. The molecule has 0 saturated carbocycles. The van der Waals surface area contributed by atoms with E-state index in [9.17, 15) is 9.59 Å². The molecule has 0 unspecified atom stereocenters. The van der Waals surface area contributed by atoms with Gasteiger partial charge in [-0.1, -0.05) is 6.07 Å². The van der Waals surface area contributed by atoms with Crippen molar-refractivity contribution in [3.63, 3.8) is 0 Å². The van der Waals surface area contributed by atoms with Crippen LogP contribution in [0.25, 0.3) is 0 Å². The second kappa shape index (κ2) is 9.63. The minimum atomic E-state index is -0.0823. The Morgan fingerprint density at radius 2 is 1.83 bits per heavy atom. The lowest BCUT2D eigenvalue weighted by Gasteiger charge is -2.26. The van der Waals surface area contributed by atoms with Gasteiger partial charge in [0.05, 0.1) is 20.8 Å². The van der Waals surface area contributed by atoms with Gasteiger partial charge in [0.2, 0.25) is 5.91 Å². The highest BCUT2D eigenvalue weighted by molar-refractivity contribution is 5.96. The van der Waals surface area contributed by atoms with Gasteiger partial charge in [0.15, 0.2) is 0 Å². The summed E-state index contributed by atoms with van der Waals surface area (Å²) in [5.41, 5.74) is 2.33. The van der Waals surface area contributed by atoms with Crippen LogP contribution in [0.2, 0.25) is 0 Å². The zero-order valence-electron chi connectivity index (χ0n) is 18.0. The Kier molecular flexibility index (Phi) is 6.95.